The summed E-state index contributed by atoms with van der Waals surface area (Å²) in [4.78, 5) is 2.47. The van der Waals surface area contributed by atoms with Gasteiger partial charge in [-0.3, -0.25) is 0 Å². The zero-order valence-corrected chi connectivity index (χ0v) is 22.7. The number of methoxy groups -OCH3 is 2. The van der Waals surface area contributed by atoms with Crippen molar-refractivity contribution in [1.29, 1.82) is 0 Å². The van der Waals surface area contributed by atoms with Crippen LogP contribution in [-0.2, 0) is 9.47 Å². The van der Waals surface area contributed by atoms with Crippen LogP contribution in [0.15, 0.2) is 103 Å². The van der Waals surface area contributed by atoms with Crippen LogP contribution in [0.4, 0.5) is 5.69 Å². The summed E-state index contributed by atoms with van der Waals surface area (Å²) >= 11 is 0. The van der Waals surface area contributed by atoms with E-state index >= 15 is 0 Å². The van der Waals surface area contributed by atoms with E-state index in [2.05, 4.69) is 134 Å². The largest absolute Gasteiger partial charge is 0.450 e. The molecule has 3 heteroatoms. The molecule has 39 heavy (non-hydrogen) atoms. The summed E-state index contributed by atoms with van der Waals surface area (Å²) < 4.78 is 9.87. The van der Waals surface area contributed by atoms with Gasteiger partial charge in [0, 0.05) is 28.4 Å². The second-order valence-corrected chi connectivity index (χ2v) is 9.70. The molecule has 5 rings (SSSR count). The predicted molar refractivity (Wildman–Crippen MR) is 159 cm³/mol. The molecule has 0 radical (unpaired) electrons. The Labute approximate surface area is 231 Å². The van der Waals surface area contributed by atoms with Crippen molar-refractivity contribution in [3.63, 3.8) is 0 Å². The molecule has 2 unspecified atom stereocenters. The minimum absolute atomic E-state index is 0.0582. The van der Waals surface area contributed by atoms with Crippen LogP contribution in [0.25, 0.3) is 5.70 Å². The van der Waals surface area contributed by atoms with Crippen LogP contribution < -0.4 is 4.90 Å². The summed E-state index contributed by atoms with van der Waals surface area (Å²) in [5.41, 5.74) is 10.3. The normalized spacial score (nSPS) is 15.9. The molecule has 0 N–H and O–H groups in total. The molecule has 1 aliphatic rings. The van der Waals surface area contributed by atoms with Crippen LogP contribution in [0.1, 0.15) is 50.9 Å². The summed E-state index contributed by atoms with van der Waals surface area (Å²) in [6, 6.07) is 34.6. The van der Waals surface area contributed by atoms with Crippen molar-refractivity contribution in [3.05, 3.63) is 142 Å². The van der Waals surface area contributed by atoms with E-state index in [1.54, 1.807) is 14.2 Å². The zero-order valence-electron chi connectivity index (χ0n) is 22.7. The third kappa shape index (κ3) is 5.69. The van der Waals surface area contributed by atoms with Crippen LogP contribution in [0.2, 0.25) is 0 Å². The summed E-state index contributed by atoms with van der Waals surface area (Å²) in [6.45, 7) is 4.25. The molecule has 1 heterocycles. The average Bonchev–Trinajstić information content (AvgIpc) is 3.37. The average molecular weight is 510 g/mol. The summed E-state index contributed by atoms with van der Waals surface area (Å²) in [5, 5.41) is 0. The molecule has 0 saturated carbocycles. The molecule has 0 spiro atoms. The lowest BCUT2D eigenvalue weighted by Crippen LogP contribution is -2.25. The minimum atomic E-state index is 0.0582. The first-order valence-electron chi connectivity index (χ1n) is 13.0. The van der Waals surface area contributed by atoms with Crippen molar-refractivity contribution in [3.8, 4) is 24.1 Å². The first kappa shape index (κ1) is 25.8. The summed E-state index contributed by atoms with van der Waals surface area (Å²) in [7, 11) is 3.15. The van der Waals surface area contributed by atoms with Gasteiger partial charge in [-0.15, -0.1) is 0 Å². The molecule has 1 aliphatic heterocycles. The highest BCUT2D eigenvalue weighted by Gasteiger charge is 2.38. The van der Waals surface area contributed by atoms with Crippen molar-refractivity contribution < 1.29 is 9.47 Å². The molecule has 4 aromatic rings. The van der Waals surface area contributed by atoms with Crippen LogP contribution in [0, 0.1) is 37.9 Å². The van der Waals surface area contributed by atoms with Crippen LogP contribution in [0.5, 0.6) is 0 Å². The maximum atomic E-state index is 4.94. The minimum Gasteiger partial charge on any atom is -0.450 e. The van der Waals surface area contributed by atoms with Gasteiger partial charge in [0.05, 0.1) is 20.3 Å². The molecule has 2 atom stereocenters. The van der Waals surface area contributed by atoms with Crippen molar-refractivity contribution in [2.45, 2.75) is 25.8 Å². The molecule has 0 amide bonds. The summed E-state index contributed by atoms with van der Waals surface area (Å²) in [5.74, 6) is 6.22. The van der Waals surface area contributed by atoms with Gasteiger partial charge in [0.25, 0.3) is 0 Å². The lowest BCUT2D eigenvalue weighted by atomic mass is 9.87. The Bertz CT molecular complexity index is 1570. The molecular formula is C36H31NO2. The monoisotopic (exact) mass is 509 g/mol. The van der Waals surface area contributed by atoms with Gasteiger partial charge in [0.1, 0.15) is 12.2 Å². The second-order valence-electron chi connectivity index (χ2n) is 9.70. The highest BCUT2D eigenvalue weighted by Crippen LogP contribution is 2.50. The molecule has 0 saturated heterocycles. The topological polar surface area (TPSA) is 21.7 Å². The van der Waals surface area contributed by atoms with E-state index in [1.165, 1.54) is 28.0 Å². The van der Waals surface area contributed by atoms with E-state index in [9.17, 15) is 0 Å². The van der Waals surface area contributed by atoms with E-state index < -0.39 is 0 Å². The highest BCUT2D eigenvalue weighted by atomic mass is 16.5. The fraction of sp³-hybridized carbons (Fsp3) is 0.167. The van der Waals surface area contributed by atoms with Gasteiger partial charge in [0.15, 0.2) is 0 Å². The molecule has 4 aromatic carbocycles. The second kappa shape index (κ2) is 11.7. The Hall–Kier alpha value is -4.86. The van der Waals surface area contributed by atoms with E-state index in [0.717, 1.165) is 22.4 Å². The molecular weight excluding hydrogens is 478 g/mol. The van der Waals surface area contributed by atoms with Gasteiger partial charge in [0.2, 0.25) is 0 Å². The zero-order chi connectivity index (χ0) is 27.2. The van der Waals surface area contributed by atoms with Crippen molar-refractivity contribution in [2.24, 2.45) is 0 Å². The van der Waals surface area contributed by atoms with Gasteiger partial charge in [-0.05, 0) is 78.8 Å². The maximum absolute atomic E-state index is 4.94. The number of hydrogen-bond donors (Lipinski definition) is 0. The summed E-state index contributed by atoms with van der Waals surface area (Å²) in [6.07, 6.45) is 7.78. The smallest absolute Gasteiger partial charge is 0.115 e. The number of aryl methyl sites for hydroxylation is 2. The Morgan fingerprint density at radius 3 is 1.62 bits per heavy atom. The van der Waals surface area contributed by atoms with E-state index in [4.69, 9.17) is 9.47 Å². The Morgan fingerprint density at radius 2 is 1.08 bits per heavy atom. The predicted octanol–water partition coefficient (Wildman–Crippen LogP) is 7.60. The number of anilines is 1. The lowest BCUT2D eigenvalue weighted by molar-refractivity contribution is 0.372. The van der Waals surface area contributed by atoms with E-state index in [0.29, 0.717) is 0 Å². The number of benzene rings is 4. The van der Waals surface area contributed by atoms with E-state index in [-0.39, 0.29) is 12.0 Å². The van der Waals surface area contributed by atoms with Gasteiger partial charge in [-0.2, -0.15) is 0 Å². The van der Waals surface area contributed by atoms with Crippen molar-refractivity contribution >= 4 is 11.4 Å². The number of hydrogen-bond acceptors (Lipinski definition) is 3. The highest BCUT2D eigenvalue weighted by molar-refractivity contribution is 5.84. The first-order valence-corrected chi connectivity index (χ1v) is 13.0. The van der Waals surface area contributed by atoms with Crippen molar-refractivity contribution in [1.82, 2.24) is 0 Å². The van der Waals surface area contributed by atoms with Gasteiger partial charge >= 0.3 is 0 Å². The van der Waals surface area contributed by atoms with Crippen molar-refractivity contribution in [2.75, 3.05) is 19.1 Å². The van der Waals surface area contributed by atoms with E-state index in [1.807, 2.05) is 12.1 Å². The third-order valence-corrected chi connectivity index (χ3v) is 7.02. The molecule has 0 aliphatic carbocycles. The number of nitrogens with zero attached hydrogens (tertiary/aromatic N) is 1. The van der Waals surface area contributed by atoms with Crippen LogP contribution in [-0.4, -0.2) is 14.2 Å². The maximum Gasteiger partial charge on any atom is 0.115 e. The quantitative estimate of drug-likeness (QED) is 0.264. The Morgan fingerprint density at radius 1 is 0.590 bits per heavy atom. The van der Waals surface area contributed by atoms with Gasteiger partial charge in [-0.25, -0.2) is 0 Å². The molecule has 3 nitrogen and oxygen atoms in total. The molecule has 192 valence electrons. The fourth-order valence-corrected chi connectivity index (χ4v) is 5.02. The van der Waals surface area contributed by atoms with Crippen LogP contribution in [0.3, 0.4) is 0 Å². The molecule has 0 bridgehead atoms. The molecule has 0 fully saturated rings. The third-order valence-electron chi connectivity index (χ3n) is 7.02. The SMILES string of the molecule is COC#Cc1ccc(C2=CC(c3ccc(C)cc3)C(c3ccc(C#COC)cc3)N2c2ccc(C)cc2)cc1. The Balaban J connectivity index is 1.66. The fourth-order valence-electron chi connectivity index (χ4n) is 5.02. The number of rotatable bonds is 4. The van der Waals surface area contributed by atoms with Crippen LogP contribution >= 0.6 is 0 Å². The van der Waals surface area contributed by atoms with Gasteiger partial charge in [-0.1, -0.05) is 77.9 Å². The number of ether oxygens (including phenoxy) is 2. The Kier molecular flexibility index (Phi) is 7.72. The van der Waals surface area contributed by atoms with Gasteiger partial charge < -0.3 is 14.4 Å². The standard InChI is InChI=1S/C36H31NO2/c1-26-5-13-30(14-6-26)34-25-35(31-15-9-28(10-16-31)21-23-38-3)37(33-19-7-27(2)8-20-33)36(34)32-17-11-29(12-18-32)22-24-39-4/h5-20,25,34,36H,1-4H3. The molecule has 0 aromatic heterocycles. The lowest BCUT2D eigenvalue weighted by Gasteiger charge is -2.34. The first-order chi connectivity index (χ1) is 19.1.